The summed E-state index contributed by atoms with van der Waals surface area (Å²) < 4.78 is 0. The van der Waals surface area contributed by atoms with Crippen molar-refractivity contribution in [3.63, 3.8) is 0 Å². The minimum absolute atomic E-state index is 0.370. The second-order valence-corrected chi connectivity index (χ2v) is 5.19. The van der Waals surface area contributed by atoms with Gasteiger partial charge in [-0.05, 0) is 13.8 Å². The van der Waals surface area contributed by atoms with Crippen molar-refractivity contribution >= 4 is 35.1 Å². The summed E-state index contributed by atoms with van der Waals surface area (Å²) in [5, 5.41) is 16.6. The van der Waals surface area contributed by atoms with Crippen molar-refractivity contribution in [3.8, 4) is 0 Å². The van der Waals surface area contributed by atoms with Crippen molar-refractivity contribution in [2.75, 3.05) is 5.32 Å². The number of nitrogens with zero attached hydrogens (tertiary/aromatic N) is 2. The van der Waals surface area contributed by atoms with E-state index in [0.29, 0.717) is 5.13 Å². The minimum Gasteiger partial charge on any atom is -0.479 e. The van der Waals surface area contributed by atoms with Crippen LogP contribution in [0.3, 0.4) is 0 Å². The number of thiol groups is 1. The van der Waals surface area contributed by atoms with Gasteiger partial charge in [0.05, 0.1) is 0 Å². The first-order chi connectivity index (χ1) is 7.33. The van der Waals surface area contributed by atoms with Gasteiger partial charge in [0.25, 0.3) is 0 Å². The van der Waals surface area contributed by atoms with Gasteiger partial charge in [-0.15, -0.1) is 24.0 Å². The number of nitrogens with one attached hydrogen (secondary N) is 1. The molecule has 2 N–H and O–H groups in total. The maximum atomic E-state index is 11.2. The second kappa shape index (κ2) is 4.38. The fourth-order valence-corrected chi connectivity index (χ4v) is 1.78. The summed E-state index contributed by atoms with van der Waals surface area (Å²) in [5.41, 5.74) is -1.42. The molecule has 0 saturated carbocycles. The highest BCUT2D eigenvalue weighted by molar-refractivity contribution is 7.83. The lowest BCUT2D eigenvalue weighted by molar-refractivity contribution is -0.140. The first kappa shape index (κ1) is 12.9. The summed E-state index contributed by atoms with van der Waals surface area (Å²) in [7, 11) is 0. The third-order valence-electron chi connectivity index (χ3n) is 2.14. The highest BCUT2D eigenvalue weighted by atomic mass is 32.1. The zero-order valence-corrected chi connectivity index (χ0v) is 10.4. The third kappa shape index (κ3) is 2.17. The van der Waals surface area contributed by atoms with Gasteiger partial charge in [-0.25, -0.2) is 9.78 Å². The Morgan fingerprint density at radius 2 is 2.31 bits per heavy atom. The van der Waals surface area contributed by atoms with Crippen molar-refractivity contribution in [2.45, 2.75) is 24.3 Å². The summed E-state index contributed by atoms with van der Waals surface area (Å²) in [6.07, 6.45) is 1.52. The first-order valence-corrected chi connectivity index (χ1v) is 5.64. The third-order valence-corrected chi connectivity index (χ3v) is 3.68. The number of carbonyl (C=O) groups is 1. The summed E-state index contributed by atoms with van der Waals surface area (Å²) in [4.78, 5) is 24.0. The smallest absolute Gasteiger partial charge is 0.342 e. The van der Waals surface area contributed by atoms with E-state index in [0.717, 1.165) is 0 Å². The van der Waals surface area contributed by atoms with Crippen LogP contribution in [0.15, 0.2) is 16.8 Å². The molecule has 0 radical (unpaired) electrons. The monoisotopic (exact) mass is 261 g/mol. The Morgan fingerprint density at radius 3 is 2.69 bits per heavy atom. The average molecular weight is 261 g/mol. The van der Waals surface area contributed by atoms with Crippen LogP contribution in [0.25, 0.3) is 0 Å². The minimum atomic E-state index is -1.80. The number of thiazole rings is 1. The van der Waals surface area contributed by atoms with Gasteiger partial charge in [0.1, 0.15) is 5.54 Å². The van der Waals surface area contributed by atoms with Crippen LogP contribution in [0, 0.1) is 4.91 Å². The number of aliphatic carboxylic acids is 1. The van der Waals surface area contributed by atoms with E-state index >= 15 is 0 Å². The molecule has 1 unspecified atom stereocenters. The van der Waals surface area contributed by atoms with Gasteiger partial charge in [0.2, 0.25) is 4.87 Å². The predicted molar refractivity (Wildman–Crippen MR) is 65.0 cm³/mol. The van der Waals surface area contributed by atoms with Crippen molar-refractivity contribution in [1.29, 1.82) is 0 Å². The second-order valence-electron chi connectivity index (χ2n) is 3.63. The van der Waals surface area contributed by atoms with E-state index in [1.807, 2.05) is 0 Å². The maximum Gasteiger partial charge on any atom is 0.342 e. The normalized spacial score (nSPS) is 15.2. The molecule has 1 aromatic rings. The summed E-state index contributed by atoms with van der Waals surface area (Å²) in [6.45, 7) is 2.78. The van der Waals surface area contributed by atoms with Crippen LogP contribution in [0.4, 0.5) is 5.13 Å². The van der Waals surface area contributed by atoms with E-state index in [-0.39, 0.29) is 0 Å². The molecule has 16 heavy (non-hydrogen) atoms. The number of rotatable bonds is 5. The van der Waals surface area contributed by atoms with Gasteiger partial charge >= 0.3 is 5.97 Å². The molecule has 0 aliphatic heterocycles. The quantitative estimate of drug-likeness (QED) is 0.427. The molecular formula is C8H11N3O3S2. The molecule has 0 bridgehead atoms. The standard InChI is InChI=1S/C8H11N3O3S2/c1-7(2,11-14)8(15,5(12)13)10-6-9-3-4-16-6/h3-4,15H,1-2H3,(H,9,10)(H,12,13). The Morgan fingerprint density at radius 1 is 1.69 bits per heavy atom. The van der Waals surface area contributed by atoms with E-state index in [1.165, 1.54) is 31.4 Å². The Hall–Kier alpha value is -1.15. The van der Waals surface area contributed by atoms with Crippen LogP contribution in [0.2, 0.25) is 0 Å². The fraction of sp³-hybridized carbons (Fsp3) is 0.500. The lowest BCUT2D eigenvalue weighted by Crippen LogP contribution is -2.56. The molecule has 0 aliphatic rings. The zero-order chi connectivity index (χ0) is 12.4. The van der Waals surface area contributed by atoms with Gasteiger partial charge < -0.3 is 10.4 Å². The lowest BCUT2D eigenvalue weighted by atomic mass is 9.95. The van der Waals surface area contributed by atoms with Gasteiger partial charge in [-0.2, -0.15) is 4.91 Å². The summed E-state index contributed by atoms with van der Waals surface area (Å²) >= 11 is 5.24. The van der Waals surface area contributed by atoms with Crippen molar-refractivity contribution < 1.29 is 9.90 Å². The fourth-order valence-electron chi connectivity index (χ4n) is 0.974. The molecule has 1 heterocycles. The Balaban J connectivity index is 3.07. The largest absolute Gasteiger partial charge is 0.479 e. The van der Waals surface area contributed by atoms with Crippen LogP contribution < -0.4 is 5.32 Å². The molecule has 1 rings (SSSR count). The molecular weight excluding hydrogens is 250 g/mol. The highest BCUT2D eigenvalue weighted by Gasteiger charge is 2.51. The molecule has 6 nitrogen and oxygen atoms in total. The van der Waals surface area contributed by atoms with Crippen LogP contribution in [0.5, 0.6) is 0 Å². The summed E-state index contributed by atoms with van der Waals surface area (Å²) in [6, 6.07) is 0. The van der Waals surface area contributed by atoms with Gasteiger partial charge in [0.15, 0.2) is 5.13 Å². The van der Waals surface area contributed by atoms with Crippen LogP contribution in [-0.2, 0) is 4.79 Å². The molecule has 0 aromatic carbocycles. The molecule has 8 heteroatoms. The number of carboxylic acids is 1. The number of carboxylic acid groups (broad SMARTS) is 1. The molecule has 0 amide bonds. The molecule has 0 fully saturated rings. The molecule has 0 spiro atoms. The van der Waals surface area contributed by atoms with Crippen molar-refractivity contribution in [1.82, 2.24) is 4.98 Å². The summed E-state index contributed by atoms with van der Waals surface area (Å²) in [5.74, 6) is -1.28. The molecule has 1 aromatic heterocycles. The molecule has 1 atom stereocenters. The molecule has 88 valence electrons. The van der Waals surface area contributed by atoms with Crippen LogP contribution in [-0.4, -0.2) is 26.5 Å². The number of aromatic nitrogens is 1. The Bertz CT molecular complexity index is 393. The number of hydrogen-bond acceptors (Lipinski definition) is 7. The Labute approximate surface area is 101 Å². The van der Waals surface area contributed by atoms with E-state index in [2.05, 4.69) is 28.1 Å². The zero-order valence-electron chi connectivity index (χ0n) is 8.67. The predicted octanol–water partition coefficient (Wildman–Crippen LogP) is 1.81. The highest BCUT2D eigenvalue weighted by Crippen LogP contribution is 2.34. The topological polar surface area (TPSA) is 91.7 Å². The van der Waals surface area contributed by atoms with E-state index in [9.17, 15) is 9.70 Å². The van der Waals surface area contributed by atoms with Gasteiger partial charge in [0, 0.05) is 11.6 Å². The average Bonchev–Trinajstić information content (AvgIpc) is 2.69. The Kier molecular flexibility index (Phi) is 3.54. The first-order valence-electron chi connectivity index (χ1n) is 4.31. The van der Waals surface area contributed by atoms with Gasteiger partial charge in [-0.1, -0.05) is 5.18 Å². The maximum absolute atomic E-state index is 11.2. The number of anilines is 1. The van der Waals surface area contributed by atoms with Crippen LogP contribution in [0.1, 0.15) is 13.8 Å². The van der Waals surface area contributed by atoms with Crippen molar-refractivity contribution in [3.05, 3.63) is 16.5 Å². The van der Waals surface area contributed by atoms with E-state index in [4.69, 9.17) is 5.11 Å². The van der Waals surface area contributed by atoms with Crippen LogP contribution >= 0.6 is 24.0 Å². The van der Waals surface area contributed by atoms with Crippen molar-refractivity contribution in [2.24, 2.45) is 5.18 Å². The molecule has 0 saturated heterocycles. The SMILES string of the molecule is CC(C)(N=O)C(S)(Nc1nccs1)C(=O)O. The van der Waals surface area contributed by atoms with E-state index < -0.39 is 16.4 Å². The lowest BCUT2D eigenvalue weighted by Gasteiger charge is -2.34. The number of hydrogen-bond donors (Lipinski definition) is 3. The van der Waals surface area contributed by atoms with Gasteiger partial charge in [-0.3, -0.25) is 0 Å². The number of nitroso groups, excluding NO2 is 1. The van der Waals surface area contributed by atoms with E-state index in [1.54, 1.807) is 5.38 Å². The molecule has 0 aliphatic carbocycles.